The molecular weight excluding hydrogens is 190 g/mol. The van der Waals surface area contributed by atoms with Gasteiger partial charge in [0.1, 0.15) is 5.60 Å². The van der Waals surface area contributed by atoms with Crippen molar-refractivity contribution in [2.75, 3.05) is 0 Å². The Morgan fingerprint density at radius 3 is 2.13 bits per heavy atom. The molecule has 2 bridgehead atoms. The molecule has 2 heterocycles. The lowest BCUT2D eigenvalue weighted by molar-refractivity contribution is 0.00784. The van der Waals surface area contributed by atoms with Gasteiger partial charge in [0.2, 0.25) is 0 Å². The van der Waals surface area contributed by atoms with Crippen molar-refractivity contribution in [2.24, 2.45) is 0 Å². The van der Waals surface area contributed by atoms with E-state index in [1.54, 1.807) is 0 Å². The van der Waals surface area contributed by atoms with E-state index in [1.807, 2.05) is 25.7 Å². The summed E-state index contributed by atoms with van der Waals surface area (Å²) in [6.07, 6.45) is 5.84. The predicted molar refractivity (Wildman–Crippen MR) is 58.7 cm³/mol. The number of piperidine rings is 1. The van der Waals surface area contributed by atoms with Crippen LogP contribution in [0, 0.1) is 0 Å². The number of ether oxygens (including phenoxy) is 1. The second-order valence-electron chi connectivity index (χ2n) is 5.70. The zero-order chi connectivity index (χ0) is 11.1. The van der Waals surface area contributed by atoms with Crippen LogP contribution in [0.4, 0.5) is 4.79 Å². The molecule has 0 aromatic carbocycles. The van der Waals surface area contributed by atoms with Crippen molar-refractivity contribution < 1.29 is 9.53 Å². The van der Waals surface area contributed by atoms with Crippen molar-refractivity contribution in [3.05, 3.63) is 0 Å². The summed E-state index contributed by atoms with van der Waals surface area (Å²) >= 11 is 0. The molecule has 0 aromatic rings. The van der Waals surface area contributed by atoms with Crippen LogP contribution in [0.25, 0.3) is 0 Å². The van der Waals surface area contributed by atoms with Crippen molar-refractivity contribution in [3.8, 4) is 0 Å². The van der Waals surface area contributed by atoms with Gasteiger partial charge in [-0.1, -0.05) is 0 Å². The van der Waals surface area contributed by atoms with E-state index >= 15 is 0 Å². The molecule has 2 fully saturated rings. The highest BCUT2D eigenvalue weighted by molar-refractivity contribution is 5.69. The van der Waals surface area contributed by atoms with E-state index < -0.39 is 0 Å². The lowest BCUT2D eigenvalue weighted by Gasteiger charge is -2.35. The van der Waals surface area contributed by atoms with Gasteiger partial charge in [-0.15, -0.1) is 0 Å². The van der Waals surface area contributed by atoms with Crippen LogP contribution in [-0.4, -0.2) is 28.7 Å². The lowest BCUT2D eigenvalue weighted by Crippen LogP contribution is -2.46. The molecule has 2 aliphatic rings. The Bertz CT molecular complexity index is 241. The van der Waals surface area contributed by atoms with Crippen molar-refractivity contribution in [3.63, 3.8) is 0 Å². The summed E-state index contributed by atoms with van der Waals surface area (Å²) in [4.78, 5) is 14.0. The first kappa shape index (κ1) is 10.8. The highest BCUT2D eigenvalue weighted by Crippen LogP contribution is 2.36. The highest BCUT2D eigenvalue weighted by atomic mass is 16.6. The maximum absolute atomic E-state index is 12.0. The van der Waals surface area contributed by atoms with Gasteiger partial charge in [0.25, 0.3) is 0 Å². The number of amides is 1. The third kappa shape index (κ3) is 2.27. The Balaban J connectivity index is 2.01. The van der Waals surface area contributed by atoms with Crippen molar-refractivity contribution >= 4 is 6.09 Å². The number of carbonyl (C=O) groups excluding carboxylic acids is 1. The van der Waals surface area contributed by atoms with Crippen LogP contribution in [0.3, 0.4) is 0 Å². The molecule has 2 atom stereocenters. The first-order valence-electron chi connectivity index (χ1n) is 5.99. The Labute approximate surface area is 91.8 Å². The molecule has 0 aliphatic carbocycles. The van der Waals surface area contributed by atoms with Crippen molar-refractivity contribution in [2.45, 2.75) is 70.6 Å². The molecule has 2 rings (SSSR count). The number of rotatable bonds is 0. The van der Waals surface area contributed by atoms with Crippen molar-refractivity contribution in [1.29, 1.82) is 0 Å². The van der Waals surface area contributed by atoms with Crippen LogP contribution < -0.4 is 0 Å². The van der Waals surface area contributed by atoms with Crippen molar-refractivity contribution in [1.82, 2.24) is 4.90 Å². The lowest BCUT2D eigenvalue weighted by atomic mass is 10.0. The van der Waals surface area contributed by atoms with Crippen LogP contribution in [0.15, 0.2) is 0 Å². The summed E-state index contributed by atoms with van der Waals surface area (Å²) < 4.78 is 5.44. The fourth-order valence-electron chi connectivity index (χ4n) is 2.73. The Morgan fingerprint density at radius 2 is 1.67 bits per heavy atom. The monoisotopic (exact) mass is 211 g/mol. The van der Waals surface area contributed by atoms with E-state index in [4.69, 9.17) is 4.74 Å². The largest absolute Gasteiger partial charge is 0.444 e. The minimum absolute atomic E-state index is 0.102. The molecule has 1 unspecified atom stereocenters. The minimum atomic E-state index is -0.367. The number of hydrogen-bond acceptors (Lipinski definition) is 2. The van der Waals surface area contributed by atoms with E-state index in [0.29, 0.717) is 12.1 Å². The summed E-state index contributed by atoms with van der Waals surface area (Å²) in [5.74, 6) is 0. The third-order valence-electron chi connectivity index (χ3n) is 3.30. The van der Waals surface area contributed by atoms with Gasteiger partial charge in [0.05, 0.1) is 0 Å². The van der Waals surface area contributed by atoms with E-state index in [9.17, 15) is 4.79 Å². The fraction of sp³-hybridized carbons (Fsp3) is 0.917. The summed E-state index contributed by atoms with van der Waals surface area (Å²) in [7, 11) is 0. The SMILES string of the molecule is CC(C)(C)OC(=O)N1C2CCC[C@H]1CC2. The van der Waals surface area contributed by atoms with E-state index in [1.165, 1.54) is 19.3 Å². The zero-order valence-corrected chi connectivity index (χ0v) is 9.95. The van der Waals surface area contributed by atoms with E-state index in [-0.39, 0.29) is 11.7 Å². The first-order valence-corrected chi connectivity index (χ1v) is 5.99. The van der Waals surface area contributed by atoms with Crippen LogP contribution in [0.2, 0.25) is 0 Å². The Hall–Kier alpha value is -0.730. The number of nitrogens with zero attached hydrogens (tertiary/aromatic N) is 1. The summed E-state index contributed by atoms with van der Waals surface area (Å²) in [5.41, 5.74) is -0.367. The maximum Gasteiger partial charge on any atom is 0.410 e. The van der Waals surface area contributed by atoms with Gasteiger partial charge in [-0.25, -0.2) is 4.79 Å². The molecule has 0 N–H and O–H groups in total. The third-order valence-corrected chi connectivity index (χ3v) is 3.30. The molecule has 15 heavy (non-hydrogen) atoms. The van der Waals surface area contributed by atoms with Gasteiger partial charge in [-0.2, -0.15) is 0 Å². The molecule has 3 heteroatoms. The normalized spacial score (nSPS) is 30.5. The molecule has 2 aliphatic heterocycles. The molecular formula is C12H21NO2. The average molecular weight is 211 g/mol. The molecule has 1 amide bonds. The van der Waals surface area contributed by atoms with E-state index in [2.05, 4.69) is 0 Å². The summed E-state index contributed by atoms with van der Waals surface area (Å²) in [5, 5.41) is 0. The maximum atomic E-state index is 12.0. The predicted octanol–water partition coefficient (Wildman–Crippen LogP) is 2.94. The fourth-order valence-corrected chi connectivity index (χ4v) is 2.73. The molecule has 86 valence electrons. The second-order valence-corrected chi connectivity index (χ2v) is 5.70. The highest BCUT2D eigenvalue weighted by Gasteiger charge is 2.41. The van der Waals surface area contributed by atoms with Crippen LogP contribution in [0.1, 0.15) is 52.9 Å². The van der Waals surface area contributed by atoms with Gasteiger partial charge in [-0.3, -0.25) is 0 Å². The quantitative estimate of drug-likeness (QED) is 0.616. The summed E-state index contributed by atoms with van der Waals surface area (Å²) in [6, 6.07) is 0.914. The van der Waals surface area contributed by atoms with Gasteiger partial charge < -0.3 is 9.64 Å². The topological polar surface area (TPSA) is 29.5 Å². The minimum Gasteiger partial charge on any atom is -0.444 e. The van der Waals surface area contributed by atoms with Gasteiger partial charge in [0, 0.05) is 12.1 Å². The standard InChI is InChI=1S/C12H21NO2/c1-12(2,3)15-11(14)13-9-5-4-6-10(13)8-7-9/h9-10H,4-8H2,1-3H3/t9-,10?/m0/s1. The van der Waals surface area contributed by atoms with Gasteiger partial charge >= 0.3 is 6.09 Å². The Kier molecular flexibility index (Phi) is 2.65. The average Bonchev–Trinajstić information content (AvgIpc) is 2.34. The molecule has 0 radical (unpaired) electrons. The van der Waals surface area contributed by atoms with Crippen LogP contribution >= 0.6 is 0 Å². The smallest absolute Gasteiger partial charge is 0.410 e. The number of hydrogen-bond donors (Lipinski definition) is 0. The first-order chi connectivity index (χ1) is 6.97. The molecule has 2 saturated heterocycles. The number of carbonyl (C=O) groups is 1. The molecule has 0 saturated carbocycles. The zero-order valence-electron chi connectivity index (χ0n) is 9.95. The van der Waals surface area contributed by atoms with Gasteiger partial charge in [-0.05, 0) is 52.9 Å². The van der Waals surface area contributed by atoms with Gasteiger partial charge in [0.15, 0.2) is 0 Å². The Morgan fingerprint density at radius 1 is 1.13 bits per heavy atom. The summed E-state index contributed by atoms with van der Waals surface area (Å²) in [6.45, 7) is 5.78. The molecule has 0 aromatic heterocycles. The molecule has 0 spiro atoms. The molecule has 3 nitrogen and oxygen atoms in total. The van der Waals surface area contributed by atoms with E-state index in [0.717, 1.165) is 12.8 Å². The van der Waals surface area contributed by atoms with Crippen LogP contribution in [-0.2, 0) is 4.74 Å². The number of fused-ring (bicyclic) bond motifs is 2. The van der Waals surface area contributed by atoms with Crippen LogP contribution in [0.5, 0.6) is 0 Å². The second kappa shape index (κ2) is 3.69.